The minimum absolute atomic E-state index is 0.0318. The molecule has 0 spiro atoms. The summed E-state index contributed by atoms with van der Waals surface area (Å²) in [5.74, 6) is -1.75. The van der Waals surface area contributed by atoms with E-state index in [1.807, 2.05) is 0 Å². The van der Waals surface area contributed by atoms with Gasteiger partial charge in [0.2, 0.25) is 0 Å². The highest BCUT2D eigenvalue weighted by Crippen LogP contribution is 2.18. The van der Waals surface area contributed by atoms with Crippen molar-refractivity contribution in [2.75, 3.05) is 19.7 Å². The summed E-state index contributed by atoms with van der Waals surface area (Å²) >= 11 is 0. The number of pyridine rings is 1. The summed E-state index contributed by atoms with van der Waals surface area (Å²) in [6.07, 6.45) is 1.54. The van der Waals surface area contributed by atoms with Gasteiger partial charge in [0.15, 0.2) is 6.10 Å². The Balaban J connectivity index is 2.14. The van der Waals surface area contributed by atoms with Crippen molar-refractivity contribution < 1.29 is 24.5 Å². The Morgan fingerprint density at radius 3 is 2.94 bits per heavy atom. The molecular weight excluding hydrogens is 240 g/mol. The maximum Gasteiger partial charge on any atom is 0.334 e. The highest BCUT2D eigenvalue weighted by molar-refractivity contribution is 5.97. The summed E-state index contributed by atoms with van der Waals surface area (Å²) in [5, 5.41) is 18.4. The zero-order valence-corrected chi connectivity index (χ0v) is 9.44. The van der Waals surface area contributed by atoms with Crippen LogP contribution in [0.25, 0.3) is 0 Å². The third-order valence-corrected chi connectivity index (χ3v) is 2.66. The third-order valence-electron chi connectivity index (χ3n) is 2.66. The number of hydrogen-bond acceptors (Lipinski definition) is 5. The van der Waals surface area contributed by atoms with Crippen LogP contribution in [0.3, 0.4) is 0 Å². The first-order valence-corrected chi connectivity index (χ1v) is 5.36. The van der Waals surface area contributed by atoms with Gasteiger partial charge in [0.1, 0.15) is 5.75 Å². The van der Waals surface area contributed by atoms with Crippen LogP contribution in [0.15, 0.2) is 18.5 Å². The molecule has 0 saturated carbocycles. The van der Waals surface area contributed by atoms with E-state index in [0.29, 0.717) is 6.54 Å². The third kappa shape index (κ3) is 2.40. The van der Waals surface area contributed by atoms with Gasteiger partial charge in [-0.1, -0.05) is 0 Å². The zero-order chi connectivity index (χ0) is 13.1. The van der Waals surface area contributed by atoms with Crippen LogP contribution < -0.4 is 0 Å². The molecule has 0 bridgehead atoms. The summed E-state index contributed by atoms with van der Waals surface area (Å²) < 4.78 is 5.02. The summed E-state index contributed by atoms with van der Waals surface area (Å²) in [6, 6.07) is 1.39. The van der Waals surface area contributed by atoms with Crippen LogP contribution in [0.1, 0.15) is 10.4 Å². The Kier molecular flexibility index (Phi) is 3.42. The molecule has 18 heavy (non-hydrogen) atoms. The van der Waals surface area contributed by atoms with Crippen molar-refractivity contribution in [3.8, 4) is 5.75 Å². The fourth-order valence-electron chi connectivity index (χ4n) is 1.72. The standard InChI is InChI=1S/C11H12N2O5/c14-8-5-12-2-1-7(8)10(15)13-3-4-18-9(6-13)11(16)17/h1-2,5,9,14H,3-4,6H2,(H,16,17). The quantitative estimate of drug-likeness (QED) is 0.750. The van der Waals surface area contributed by atoms with Gasteiger partial charge < -0.3 is 19.8 Å². The SMILES string of the molecule is O=C(O)C1CN(C(=O)c2ccncc2O)CCO1. The number of aliphatic carboxylic acids is 1. The van der Waals surface area contributed by atoms with Crippen LogP contribution >= 0.6 is 0 Å². The second-order valence-electron chi connectivity index (χ2n) is 3.84. The molecule has 2 N–H and O–H groups in total. The number of carbonyl (C=O) groups is 2. The van der Waals surface area contributed by atoms with E-state index in [4.69, 9.17) is 9.84 Å². The van der Waals surface area contributed by atoms with Gasteiger partial charge in [-0.05, 0) is 6.07 Å². The first kappa shape index (κ1) is 12.3. The number of nitrogens with zero attached hydrogens (tertiary/aromatic N) is 2. The molecule has 1 aliphatic rings. The monoisotopic (exact) mass is 252 g/mol. The smallest absolute Gasteiger partial charge is 0.334 e. The van der Waals surface area contributed by atoms with Gasteiger partial charge in [-0.15, -0.1) is 0 Å². The Hall–Kier alpha value is -2.15. The van der Waals surface area contributed by atoms with Gasteiger partial charge >= 0.3 is 5.97 Å². The number of rotatable bonds is 2. The first-order valence-electron chi connectivity index (χ1n) is 5.36. The largest absolute Gasteiger partial charge is 0.505 e. The molecule has 1 atom stereocenters. The van der Waals surface area contributed by atoms with Gasteiger partial charge in [0, 0.05) is 12.7 Å². The molecule has 0 aromatic carbocycles. The molecule has 7 heteroatoms. The van der Waals surface area contributed by atoms with E-state index in [0.717, 1.165) is 0 Å². The lowest BCUT2D eigenvalue weighted by Gasteiger charge is -2.30. The first-order chi connectivity index (χ1) is 8.59. The second-order valence-corrected chi connectivity index (χ2v) is 3.84. The molecule has 1 unspecified atom stereocenters. The lowest BCUT2D eigenvalue weighted by molar-refractivity contribution is -0.154. The minimum Gasteiger partial charge on any atom is -0.505 e. The Morgan fingerprint density at radius 1 is 1.50 bits per heavy atom. The highest BCUT2D eigenvalue weighted by atomic mass is 16.5. The Labute approximate surface area is 103 Å². The molecule has 1 saturated heterocycles. The molecule has 0 radical (unpaired) electrons. The van der Waals surface area contributed by atoms with Gasteiger partial charge in [0.05, 0.1) is 24.9 Å². The topological polar surface area (TPSA) is 100.0 Å². The molecule has 1 aromatic rings. The van der Waals surface area contributed by atoms with E-state index in [1.54, 1.807) is 0 Å². The molecule has 1 fully saturated rings. The van der Waals surface area contributed by atoms with E-state index in [1.165, 1.54) is 23.4 Å². The van der Waals surface area contributed by atoms with E-state index >= 15 is 0 Å². The molecule has 2 heterocycles. The van der Waals surface area contributed by atoms with E-state index in [-0.39, 0.29) is 24.5 Å². The number of aromatic nitrogens is 1. The summed E-state index contributed by atoms with van der Waals surface area (Å²) in [5.41, 5.74) is 0.107. The van der Waals surface area contributed by atoms with E-state index < -0.39 is 18.0 Å². The molecule has 0 aliphatic carbocycles. The lowest BCUT2D eigenvalue weighted by atomic mass is 10.2. The molecule has 1 amide bonds. The Morgan fingerprint density at radius 2 is 2.28 bits per heavy atom. The normalized spacial score (nSPS) is 19.6. The number of aromatic hydroxyl groups is 1. The van der Waals surface area contributed by atoms with E-state index in [9.17, 15) is 14.7 Å². The number of carboxylic acid groups (broad SMARTS) is 1. The highest BCUT2D eigenvalue weighted by Gasteiger charge is 2.30. The van der Waals surface area contributed by atoms with Crippen molar-refractivity contribution in [3.05, 3.63) is 24.0 Å². The second kappa shape index (κ2) is 5.01. The van der Waals surface area contributed by atoms with Crippen LogP contribution in [0.4, 0.5) is 0 Å². The predicted octanol–water partition coefficient (Wildman–Crippen LogP) is -0.287. The van der Waals surface area contributed by atoms with Crippen LogP contribution in [0.5, 0.6) is 5.75 Å². The molecule has 96 valence electrons. The number of carbonyl (C=O) groups excluding carboxylic acids is 1. The molecule has 1 aliphatic heterocycles. The molecule has 1 aromatic heterocycles. The minimum atomic E-state index is -1.11. The van der Waals surface area contributed by atoms with Gasteiger partial charge in [-0.3, -0.25) is 9.78 Å². The van der Waals surface area contributed by atoms with Crippen molar-refractivity contribution in [2.45, 2.75) is 6.10 Å². The molecular formula is C11H12N2O5. The van der Waals surface area contributed by atoms with E-state index in [2.05, 4.69) is 4.98 Å². The fourth-order valence-corrected chi connectivity index (χ4v) is 1.72. The van der Waals surface area contributed by atoms with Crippen molar-refractivity contribution in [1.82, 2.24) is 9.88 Å². The van der Waals surface area contributed by atoms with Crippen molar-refractivity contribution in [3.63, 3.8) is 0 Å². The summed E-state index contributed by atoms with van der Waals surface area (Å²) in [4.78, 5) is 27.9. The molecule has 2 rings (SSSR count). The van der Waals surface area contributed by atoms with Crippen LogP contribution in [0.2, 0.25) is 0 Å². The average molecular weight is 252 g/mol. The Bertz CT molecular complexity index is 476. The lowest BCUT2D eigenvalue weighted by Crippen LogP contribution is -2.48. The number of hydrogen-bond donors (Lipinski definition) is 2. The van der Waals surface area contributed by atoms with Crippen molar-refractivity contribution >= 4 is 11.9 Å². The van der Waals surface area contributed by atoms with Crippen LogP contribution in [0, 0.1) is 0 Å². The number of amides is 1. The number of morpholine rings is 1. The maximum absolute atomic E-state index is 12.1. The summed E-state index contributed by atoms with van der Waals surface area (Å²) in [6.45, 7) is 0.425. The number of ether oxygens (including phenoxy) is 1. The predicted molar refractivity (Wildman–Crippen MR) is 59.2 cm³/mol. The molecule has 7 nitrogen and oxygen atoms in total. The van der Waals surface area contributed by atoms with Crippen LogP contribution in [-0.4, -0.2) is 57.8 Å². The van der Waals surface area contributed by atoms with Gasteiger partial charge in [-0.2, -0.15) is 0 Å². The maximum atomic E-state index is 12.1. The fraction of sp³-hybridized carbons (Fsp3) is 0.364. The van der Waals surface area contributed by atoms with Gasteiger partial charge in [-0.25, -0.2) is 4.79 Å². The van der Waals surface area contributed by atoms with Crippen molar-refractivity contribution in [1.29, 1.82) is 0 Å². The van der Waals surface area contributed by atoms with Crippen LogP contribution in [-0.2, 0) is 9.53 Å². The van der Waals surface area contributed by atoms with Crippen molar-refractivity contribution in [2.24, 2.45) is 0 Å². The summed E-state index contributed by atoms with van der Waals surface area (Å²) in [7, 11) is 0. The number of carboxylic acids is 1. The van der Waals surface area contributed by atoms with Gasteiger partial charge in [0.25, 0.3) is 5.91 Å². The zero-order valence-electron chi connectivity index (χ0n) is 9.44. The average Bonchev–Trinajstić information content (AvgIpc) is 2.38.